The Morgan fingerprint density at radius 3 is 2.31 bits per heavy atom. The highest BCUT2D eigenvalue weighted by Gasteiger charge is 2.67. The Labute approximate surface area is 237 Å². The van der Waals surface area contributed by atoms with Crippen molar-refractivity contribution in [2.45, 2.75) is 76.6 Å². The van der Waals surface area contributed by atoms with Crippen LogP contribution in [0, 0.1) is 11.8 Å². The van der Waals surface area contributed by atoms with Crippen LogP contribution in [0.3, 0.4) is 0 Å². The molecule has 0 spiro atoms. The number of hydrogen-bond donors (Lipinski definition) is 0. The molecule has 212 valence electrons. The van der Waals surface area contributed by atoms with Gasteiger partial charge in [0.25, 0.3) is 5.28 Å². The SMILES string of the molecule is CCOP(=O)(OCC)[C@@]1(C(=O)O[C@@H]2C[C@H](C)CC[C@H]2C(C)(C)c2ccccc2)N=NC[C@@H]1c1ccc(Cl)cc1. The summed E-state index contributed by atoms with van der Waals surface area (Å²) in [4.78, 5) is 14.5. The summed E-state index contributed by atoms with van der Waals surface area (Å²) in [5.41, 5.74) is 1.66. The van der Waals surface area contributed by atoms with Crippen LogP contribution in [0.25, 0.3) is 0 Å². The second-order valence-corrected chi connectivity index (χ2v) is 13.8. The number of rotatable bonds is 10. The van der Waals surface area contributed by atoms with E-state index in [1.165, 1.54) is 5.56 Å². The highest BCUT2D eigenvalue weighted by molar-refractivity contribution is 7.56. The number of nitrogens with zero attached hydrogens (tertiary/aromatic N) is 2. The molecule has 1 saturated carbocycles. The molecule has 0 saturated heterocycles. The minimum Gasteiger partial charge on any atom is -0.460 e. The molecular formula is C30H40ClN2O5P. The highest BCUT2D eigenvalue weighted by Crippen LogP contribution is 2.68. The highest BCUT2D eigenvalue weighted by atomic mass is 35.5. The fourth-order valence-corrected chi connectivity index (χ4v) is 8.50. The number of ether oxygens (including phenoxy) is 1. The van der Waals surface area contributed by atoms with Crippen LogP contribution in [0.15, 0.2) is 64.8 Å². The molecule has 39 heavy (non-hydrogen) atoms. The van der Waals surface area contributed by atoms with Crippen LogP contribution in [-0.4, -0.2) is 37.1 Å². The van der Waals surface area contributed by atoms with Gasteiger partial charge in [0.15, 0.2) is 0 Å². The van der Waals surface area contributed by atoms with E-state index in [0.717, 1.165) is 18.4 Å². The Kier molecular flexibility index (Phi) is 9.37. The Balaban J connectivity index is 1.76. The zero-order valence-corrected chi connectivity index (χ0v) is 25.2. The molecule has 1 fully saturated rings. The van der Waals surface area contributed by atoms with Crippen molar-refractivity contribution in [3.05, 3.63) is 70.7 Å². The molecule has 9 heteroatoms. The van der Waals surface area contributed by atoms with Gasteiger partial charge in [-0.15, -0.1) is 0 Å². The molecule has 7 nitrogen and oxygen atoms in total. The first-order chi connectivity index (χ1) is 18.6. The summed E-state index contributed by atoms with van der Waals surface area (Å²) in [6, 6.07) is 17.4. The third-order valence-electron chi connectivity index (χ3n) is 8.32. The molecule has 2 aromatic carbocycles. The maximum atomic E-state index is 14.5. The van der Waals surface area contributed by atoms with Gasteiger partial charge in [0.1, 0.15) is 6.10 Å². The lowest BCUT2D eigenvalue weighted by molar-refractivity contribution is -0.161. The zero-order valence-electron chi connectivity index (χ0n) is 23.5. The Hall–Kier alpha value is -2.05. The van der Waals surface area contributed by atoms with E-state index in [0.29, 0.717) is 17.4 Å². The third kappa shape index (κ3) is 5.74. The predicted molar refractivity (Wildman–Crippen MR) is 153 cm³/mol. The number of carbonyl (C=O) groups is 1. The summed E-state index contributed by atoms with van der Waals surface area (Å²) >= 11 is 6.15. The second-order valence-electron chi connectivity index (χ2n) is 11.1. The lowest BCUT2D eigenvalue weighted by atomic mass is 9.64. The van der Waals surface area contributed by atoms with Gasteiger partial charge in [-0.05, 0) is 61.3 Å². The van der Waals surface area contributed by atoms with Crippen LogP contribution in [0.1, 0.15) is 70.9 Å². The fourth-order valence-electron chi connectivity index (χ4n) is 6.17. The van der Waals surface area contributed by atoms with E-state index in [1.807, 2.05) is 18.2 Å². The molecule has 2 aromatic rings. The molecule has 0 aromatic heterocycles. The summed E-state index contributed by atoms with van der Waals surface area (Å²) in [6.07, 6.45) is 2.26. The van der Waals surface area contributed by atoms with Gasteiger partial charge < -0.3 is 13.8 Å². The summed E-state index contributed by atoms with van der Waals surface area (Å²) in [7, 11) is -4.16. The van der Waals surface area contributed by atoms with Crippen LogP contribution in [0.5, 0.6) is 0 Å². The topological polar surface area (TPSA) is 86.5 Å². The monoisotopic (exact) mass is 574 g/mol. The van der Waals surface area contributed by atoms with Gasteiger partial charge in [-0.1, -0.05) is 81.3 Å². The van der Waals surface area contributed by atoms with Crippen molar-refractivity contribution in [3.8, 4) is 0 Å². The summed E-state index contributed by atoms with van der Waals surface area (Å²) < 4.78 is 32.5. The van der Waals surface area contributed by atoms with Crippen LogP contribution in [-0.2, 0) is 28.6 Å². The fraction of sp³-hybridized carbons (Fsp3) is 0.567. The van der Waals surface area contributed by atoms with Gasteiger partial charge in [-0.25, -0.2) is 4.79 Å². The number of azo groups is 1. The first-order valence-corrected chi connectivity index (χ1v) is 15.8. The van der Waals surface area contributed by atoms with Crippen molar-refractivity contribution in [3.63, 3.8) is 0 Å². The molecule has 5 atom stereocenters. The van der Waals surface area contributed by atoms with Gasteiger partial charge in [0.2, 0.25) is 0 Å². The van der Waals surface area contributed by atoms with Crippen molar-refractivity contribution in [1.82, 2.24) is 0 Å². The van der Waals surface area contributed by atoms with Crippen molar-refractivity contribution < 1.29 is 23.1 Å². The Morgan fingerprint density at radius 1 is 1.05 bits per heavy atom. The minimum absolute atomic E-state index is 0.0583. The first kappa shape index (κ1) is 29.9. The standard InChI is InChI=1S/C30H40ClN2O5P/c1-6-36-39(35,37-7-2)30(26(20-32-33-30)22-14-16-24(31)17-15-22)28(34)38-27-19-21(3)13-18-25(27)29(4,5)23-11-9-8-10-12-23/h8-12,14-17,21,25-27H,6-7,13,18-20H2,1-5H3/t21-,25-,26-,27-,30+/m1/s1. The van der Waals surface area contributed by atoms with Crippen molar-refractivity contribution in [1.29, 1.82) is 0 Å². The normalized spacial score (nSPS) is 27.4. The second kappa shape index (κ2) is 12.2. The molecule has 0 unspecified atom stereocenters. The zero-order chi connectivity index (χ0) is 28.3. The van der Waals surface area contributed by atoms with E-state index in [-0.39, 0.29) is 31.1 Å². The minimum atomic E-state index is -4.16. The molecule has 0 N–H and O–H groups in total. The van der Waals surface area contributed by atoms with Crippen LogP contribution >= 0.6 is 19.2 Å². The number of carbonyl (C=O) groups excluding carboxylic acids is 1. The molecule has 0 bridgehead atoms. The first-order valence-electron chi connectivity index (χ1n) is 13.9. The molecule has 0 amide bonds. The maximum absolute atomic E-state index is 14.5. The van der Waals surface area contributed by atoms with E-state index in [4.69, 9.17) is 25.4 Å². The molecule has 4 rings (SSSR count). The Morgan fingerprint density at radius 2 is 1.69 bits per heavy atom. The van der Waals surface area contributed by atoms with Gasteiger partial charge in [0, 0.05) is 10.9 Å². The van der Waals surface area contributed by atoms with Crippen molar-refractivity contribution >= 4 is 25.2 Å². The number of benzene rings is 2. The van der Waals surface area contributed by atoms with E-state index in [1.54, 1.807) is 38.1 Å². The van der Waals surface area contributed by atoms with Crippen molar-refractivity contribution in [2.24, 2.45) is 22.1 Å². The lowest BCUT2D eigenvalue weighted by Gasteiger charge is -2.45. The van der Waals surface area contributed by atoms with Crippen molar-refractivity contribution in [2.75, 3.05) is 19.8 Å². The molecule has 2 aliphatic rings. The molecular weight excluding hydrogens is 535 g/mol. The third-order valence-corrected chi connectivity index (χ3v) is 11.2. The summed E-state index contributed by atoms with van der Waals surface area (Å²) in [5.74, 6) is -0.956. The lowest BCUT2D eigenvalue weighted by Crippen LogP contribution is -2.49. The smallest absolute Gasteiger partial charge is 0.372 e. The predicted octanol–water partition coefficient (Wildman–Crippen LogP) is 8.18. The van der Waals surface area contributed by atoms with Gasteiger partial charge in [-0.3, -0.25) is 4.57 Å². The average Bonchev–Trinajstić information content (AvgIpc) is 3.37. The van der Waals surface area contributed by atoms with E-state index < -0.39 is 30.9 Å². The van der Waals surface area contributed by atoms with Crippen LogP contribution < -0.4 is 0 Å². The number of halogens is 1. The van der Waals surface area contributed by atoms with E-state index >= 15 is 0 Å². The molecule has 1 heterocycles. The Bertz CT molecular complexity index is 1200. The quantitative estimate of drug-likeness (QED) is 0.211. The summed E-state index contributed by atoms with van der Waals surface area (Å²) in [5, 5.41) is 7.25. The molecule has 0 radical (unpaired) electrons. The number of hydrogen-bond acceptors (Lipinski definition) is 7. The average molecular weight is 575 g/mol. The van der Waals surface area contributed by atoms with E-state index in [9.17, 15) is 9.36 Å². The van der Waals surface area contributed by atoms with Gasteiger partial charge in [-0.2, -0.15) is 10.2 Å². The number of esters is 1. The van der Waals surface area contributed by atoms with E-state index in [2.05, 4.69) is 43.1 Å². The van der Waals surface area contributed by atoms with Gasteiger partial charge in [0.05, 0.1) is 25.7 Å². The molecule has 1 aliphatic heterocycles. The van der Waals surface area contributed by atoms with Gasteiger partial charge >= 0.3 is 13.6 Å². The molecule has 1 aliphatic carbocycles. The maximum Gasteiger partial charge on any atom is 0.372 e. The summed E-state index contributed by atoms with van der Waals surface area (Å²) in [6.45, 7) is 10.3. The van der Waals surface area contributed by atoms with Crippen LogP contribution in [0.4, 0.5) is 0 Å². The van der Waals surface area contributed by atoms with Crippen LogP contribution in [0.2, 0.25) is 5.02 Å². The largest absolute Gasteiger partial charge is 0.460 e.